The van der Waals surface area contributed by atoms with E-state index in [2.05, 4.69) is 27.4 Å². The van der Waals surface area contributed by atoms with Crippen LogP contribution in [-0.2, 0) is 36.5 Å². The number of benzene rings is 2. The van der Waals surface area contributed by atoms with E-state index in [-0.39, 0.29) is 4.90 Å². The Kier molecular flexibility index (Phi) is 5.58. The lowest BCUT2D eigenvalue weighted by atomic mass is 10.1. The van der Waals surface area contributed by atoms with E-state index in [0.717, 1.165) is 41.8 Å². The Morgan fingerprint density at radius 3 is 2.35 bits per heavy atom. The molecule has 162 valence electrons. The van der Waals surface area contributed by atoms with Crippen molar-refractivity contribution in [2.45, 2.75) is 45.1 Å². The summed E-state index contributed by atoms with van der Waals surface area (Å²) in [5, 5.41) is 4.21. The molecule has 0 aliphatic carbocycles. The van der Waals surface area contributed by atoms with Crippen LogP contribution in [0.4, 0.5) is 5.69 Å². The number of nitrogens with one attached hydrogen (secondary N) is 1. The number of anilines is 1. The van der Waals surface area contributed by atoms with Crippen LogP contribution in [-0.4, -0.2) is 27.7 Å². The van der Waals surface area contributed by atoms with Gasteiger partial charge >= 0.3 is 0 Å². The lowest BCUT2D eigenvalue weighted by Gasteiger charge is -2.10. The fourth-order valence-corrected chi connectivity index (χ4v) is 5.51. The highest BCUT2D eigenvalue weighted by Crippen LogP contribution is 2.23. The van der Waals surface area contributed by atoms with Gasteiger partial charge in [-0.25, -0.2) is 13.4 Å². The zero-order chi connectivity index (χ0) is 22.2. The van der Waals surface area contributed by atoms with E-state index < -0.39 is 10.0 Å². The van der Waals surface area contributed by atoms with Crippen LogP contribution < -0.4 is 4.72 Å². The highest BCUT2D eigenvalue weighted by atomic mass is 32.2. The smallest absolute Gasteiger partial charge is 0.265 e. The van der Waals surface area contributed by atoms with Crippen LogP contribution >= 0.6 is 0 Å². The van der Waals surface area contributed by atoms with Crippen molar-refractivity contribution in [1.82, 2.24) is 19.3 Å². The number of imidazole rings is 1. The average molecular weight is 438 g/mol. The standard InChI is InChI=1S/C23H27N5O2S/c1-5-28-21-9-7-6-8-20(21)24-22(28)15-12-18-10-13-19(14-11-18)26-31(29,30)23-16(2)25-27(4)17(23)3/h6-11,13-14,26H,5,12,15H2,1-4H3. The molecule has 2 heterocycles. The van der Waals surface area contributed by atoms with E-state index in [4.69, 9.17) is 4.98 Å². The molecule has 0 radical (unpaired) electrons. The van der Waals surface area contributed by atoms with Crippen molar-refractivity contribution in [3.63, 3.8) is 0 Å². The normalized spacial score (nSPS) is 11.9. The number of nitrogens with zero attached hydrogens (tertiary/aromatic N) is 4. The maximum atomic E-state index is 12.8. The molecule has 2 aromatic carbocycles. The topological polar surface area (TPSA) is 81.8 Å². The molecule has 0 fully saturated rings. The van der Waals surface area contributed by atoms with Gasteiger partial charge in [0, 0.05) is 25.7 Å². The van der Waals surface area contributed by atoms with Crippen LogP contribution in [0.2, 0.25) is 0 Å². The van der Waals surface area contributed by atoms with Crippen LogP contribution in [0.5, 0.6) is 0 Å². The summed E-state index contributed by atoms with van der Waals surface area (Å²) in [6.45, 7) is 6.46. The summed E-state index contributed by atoms with van der Waals surface area (Å²) in [7, 11) is -1.95. The molecule has 0 aliphatic heterocycles. The summed E-state index contributed by atoms with van der Waals surface area (Å²) in [6.07, 6.45) is 1.65. The van der Waals surface area contributed by atoms with E-state index in [1.54, 1.807) is 37.7 Å². The van der Waals surface area contributed by atoms with Gasteiger partial charge in [-0.05, 0) is 57.0 Å². The van der Waals surface area contributed by atoms with Gasteiger partial charge in [0.25, 0.3) is 10.0 Å². The number of hydrogen-bond acceptors (Lipinski definition) is 4. The Morgan fingerprint density at radius 1 is 1.00 bits per heavy atom. The van der Waals surface area contributed by atoms with E-state index in [0.29, 0.717) is 17.1 Å². The number of sulfonamides is 1. The molecule has 8 heteroatoms. The minimum Gasteiger partial charge on any atom is -0.328 e. The quantitative estimate of drug-likeness (QED) is 0.474. The summed E-state index contributed by atoms with van der Waals surface area (Å²) < 4.78 is 32.2. The molecule has 4 aromatic rings. The predicted molar refractivity (Wildman–Crippen MR) is 123 cm³/mol. The third kappa shape index (κ3) is 4.07. The van der Waals surface area contributed by atoms with Crippen LogP contribution in [0, 0.1) is 13.8 Å². The van der Waals surface area contributed by atoms with Crippen LogP contribution in [0.3, 0.4) is 0 Å². The molecular weight excluding hydrogens is 410 g/mol. The fourth-order valence-electron chi connectivity index (χ4n) is 4.01. The molecule has 7 nitrogen and oxygen atoms in total. The molecule has 0 amide bonds. The van der Waals surface area contributed by atoms with E-state index in [1.807, 2.05) is 30.3 Å². The first-order valence-corrected chi connectivity index (χ1v) is 11.8. The molecule has 0 bridgehead atoms. The summed E-state index contributed by atoms with van der Waals surface area (Å²) in [5.74, 6) is 1.07. The molecule has 1 N–H and O–H groups in total. The second-order valence-corrected chi connectivity index (χ2v) is 9.31. The summed E-state index contributed by atoms with van der Waals surface area (Å²) in [5.41, 5.74) is 4.94. The maximum Gasteiger partial charge on any atom is 0.265 e. The van der Waals surface area contributed by atoms with Gasteiger partial charge in [-0.1, -0.05) is 24.3 Å². The number of para-hydroxylation sites is 2. The molecule has 31 heavy (non-hydrogen) atoms. The number of rotatable bonds is 7. The van der Waals surface area contributed by atoms with Gasteiger partial charge in [0.2, 0.25) is 0 Å². The molecule has 0 unspecified atom stereocenters. The lowest BCUT2D eigenvalue weighted by Crippen LogP contribution is -2.15. The molecule has 0 atom stereocenters. The van der Waals surface area contributed by atoms with Crippen LogP contribution in [0.15, 0.2) is 53.4 Å². The number of aromatic nitrogens is 4. The van der Waals surface area contributed by atoms with Gasteiger partial charge in [-0.3, -0.25) is 9.40 Å². The van der Waals surface area contributed by atoms with Gasteiger partial charge < -0.3 is 4.57 Å². The van der Waals surface area contributed by atoms with Gasteiger partial charge in [0.15, 0.2) is 0 Å². The van der Waals surface area contributed by atoms with Crippen molar-refractivity contribution in [2.24, 2.45) is 7.05 Å². The number of fused-ring (bicyclic) bond motifs is 1. The van der Waals surface area contributed by atoms with E-state index in [1.165, 1.54) is 0 Å². The van der Waals surface area contributed by atoms with Crippen molar-refractivity contribution in [1.29, 1.82) is 0 Å². The van der Waals surface area contributed by atoms with Crippen LogP contribution in [0.25, 0.3) is 11.0 Å². The molecule has 2 aromatic heterocycles. The van der Waals surface area contributed by atoms with E-state index >= 15 is 0 Å². The molecule has 0 saturated carbocycles. The van der Waals surface area contributed by atoms with E-state index in [9.17, 15) is 8.42 Å². The van der Waals surface area contributed by atoms with Crippen molar-refractivity contribution in [2.75, 3.05) is 4.72 Å². The first kappa shape index (κ1) is 21.1. The Morgan fingerprint density at radius 2 is 1.71 bits per heavy atom. The molecule has 0 spiro atoms. The summed E-state index contributed by atoms with van der Waals surface area (Å²) >= 11 is 0. The summed E-state index contributed by atoms with van der Waals surface area (Å²) in [6, 6.07) is 15.7. The van der Waals surface area contributed by atoms with Crippen molar-refractivity contribution in [3.05, 3.63) is 71.3 Å². The Labute approximate surface area is 182 Å². The second-order valence-electron chi connectivity index (χ2n) is 7.69. The number of hydrogen-bond donors (Lipinski definition) is 1. The van der Waals surface area contributed by atoms with Crippen molar-refractivity contribution < 1.29 is 8.42 Å². The monoisotopic (exact) mass is 437 g/mol. The minimum atomic E-state index is -3.69. The predicted octanol–water partition coefficient (Wildman–Crippen LogP) is 3.99. The zero-order valence-electron chi connectivity index (χ0n) is 18.3. The van der Waals surface area contributed by atoms with Gasteiger partial charge in [0.1, 0.15) is 10.7 Å². The zero-order valence-corrected chi connectivity index (χ0v) is 19.1. The number of aryl methyl sites for hydroxylation is 5. The highest BCUT2D eigenvalue weighted by molar-refractivity contribution is 7.92. The van der Waals surface area contributed by atoms with Crippen LogP contribution in [0.1, 0.15) is 29.7 Å². The average Bonchev–Trinajstić information content (AvgIpc) is 3.22. The second kappa shape index (κ2) is 8.19. The maximum absolute atomic E-state index is 12.8. The SMILES string of the molecule is CCn1c(CCc2ccc(NS(=O)(=O)c3c(C)nn(C)c3C)cc2)nc2ccccc21. The Hall–Kier alpha value is -3.13. The minimum absolute atomic E-state index is 0.234. The molecule has 0 saturated heterocycles. The van der Waals surface area contributed by atoms with Gasteiger partial charge in [-0.15, -0.1) is 0 Å². The van der Waals surface area contributed by atoms with Crippen molar-refractivity contribution >= 4 is 26.7 Å². The van der Waals surface area contributed by atoms with Gasteiger partial charge in [-0.2, -0.15) is 5.10 Å². The summed E-state index contributed by atoms with van der Waals surface area (Å²) in [4.78, 5) is 5.01. The molecule has 4 rings (SSSR count). The first-order chi connectivity index (χ1) is 14.8. The Bertz CT molecular complexity index is 1330. The Balaban J connectivity index is 1.48. The lowest BCUT2D eigenvalue weighted by molar-refractivity contribution is 0.599. The molecular formula is C23H27N5O2S. The molecule has 0 aliphatic rings. The van der Waals surface area contributed by atoms with Crippen molar-refractivity contribution in [3.8, 4) is 0 Å². The largest absolute Gasteiger partial charge is 0.328 e. The third-order valence-electron chi connectivity index (χ3n) is 5.60. The third-order valence-corrected chi connectivity index (χ3v) is 7.24. The van der Waals surface area contributed by atoms with Gasteiger partial charge in [0.05, 0.1) is 22.4 Å². The fraction of sp³-hybridized carbons (Fsp3) is 0.304. The first-order valence-electron chi connectivity index (χ1n) is 10.4. The highest BCUT2D eigenvalue weighted by Gasteiger charge is 2.23.